The van der Waals surface area contributed by atoms with Gasteiger partial charge in [-0.3, -0.25) is 4.79 Å². The van der Waals surface area contributed by atoms with Crippen LogP contribution in [0.5, 0.6) is 0 Å². The van der Waals surface area contributed by atoms with Gasteiger partial charge in [-0.15, -0.1) is 0 Å². The van der Waals surface area contributed by atoms with Crippen molar-refractivity contribution in [1.82, 2.24) is 10.6 Å². The van der Waals surface area contributed by atoms with Gasteiger partial charge in [0.1, 0.15) is 0 Å². The summed E-state index contributed by atoms with van der Waals surface area (Å²) in [5, 5.41) is 6.18. The van der Waals surface area contributed by atoms with Crippen LogP contribution >= 0.6 is 0 Å². The predicted molar refractivity (Wildman–Crippen MR) is 60.2 cm³/mol. The molecule has 2 N–H and O–H groups in total. The van der Waals surface area contributed by atoms with Crippen molar-refractivity contribution in [2.45, 2.75) is 46.6 Å². The average Bonchev–Trinajstić information content (AvgIpc) is 2.14. The molecule has 0 radical (unpaired) electrons. The highest BCUT2D eigenvalue weighted by Crippen LogP contribution is 1.90. The quantitative estimate of drug-likeness (QED) is 0.654. The molecule has 0 spiro atoms. The molecule has 0 aliphatic carbocycles. The zero-order valence-corrected chi connectivity index (χ0v) is 9.89. The van der Waals surface area contributed by atoms with E-state index in [4.69, 9.17) is 0 Å². The first-order chi connectivity index (χ1) is 6.56. The fraction of sp³-hybridized carbons (Fsp3) is 0.909. The molecule has 0 fully saturated rings. The predicted octanol–water partition coefficient (Wildman–Crippen LogP) is 1.54. The molecular weight excluding hydrogens is 176 g/mol. The maximum atomic E-state index is 11.3. The van der Waals surface area contributed by atoms with Gasteiger partial charge in [0.05, 0.1) is 0 Å². The van der Waals surface area contributed by atoms with Crippen LogP contribution in [0, 0.1) is 5.92 Å². The van der Waals surface area contributed by atoms with E-state index >= 15 is 0 Å². The minimum atomic E-state index is 0.148. The lowest BCUT2D eigenvalue weighted by molar-refractivity contribution is -0.121. The maximum absolute atomic E-state index is 11.3. The molecule has 0 aliphatic rings. The molecule has 1 atom stereocenters. The molecule has 3 heteroatoms. The van der Waals surface area contributed by atoms with E-state index in [1.165, 1.54) is 0 Å². The molecule has 14 heavy (non-hydrogen) atoms. The molecule has 0 saturated carbocycles. The van der Waals surface area contributed by atoms with E-state index in [1.54, 1.807) is 0 Å². The van der Waals surface area contributed by atoms with E-state index in [0.29, 0.717) is 18.4 Å². The maximum Gasteiger partial charge on any atom is 0.221 e. The highest BCUT2D eigenvalue weighted by Gasteiger charge is 2.02. The van der Waals surface area contributed by atoms with E-state index in [1.807, 2.05) is 0 Å². The van der Waals surface area contributed by atoms with Gasteiger partial charge in [-0.1, -0.05) is 20.8 Å². The van der Waals surface area contributed by atoms with E-state index in [0.717, 1.165) is 19.5 Å². The lowest BCUT2D eigenvalue weighted by Gasteiger charge is -2.11. The van der Waals surface area contributed by atoms with Crippen molar-refractivity contribution in [3.05, 3.63) is 0 Å². The molecule has 1 unspecified atom stereocenters. The fourth-order valence-corrected chi connectivity index (χ4v) is 0.983. The van der Waals surface area contributed by atoms with Gasteiger partial charge in [0.2, 0.25) is 5.91 Å². The van der Waals surface area contributed by atoms with Crippen LogP contribution in [0.1, 0.15) is 40.5 Å². The molecule has 3 nitrogen and oxygen atoms in total. The Morgan fingerprint density at radius 1 is 1.29 bits per heavy atom. The van der Waals surface area contributed by atoms with Crippen molar-refractivity contribution in [2.75, 3.05) is 13.1 Å². The van der Waals surface area contributed by atoms with Gasteiger partial charge < -0.3 is 10.6 Å². The van der Waals surface area contributed by atoms with Gasteiger partial charge in [0, 0.05) is 25.6 Å². The highest BCUT2D eigenvalue weighted by molar-refractivity contribution is 5.76. The summed E-state index contributed by atoms with van der Waals surface area (Å²) < 4.78 is 0. The van der Waals surface area contributed by atoms with Crippen molar-refractivity contribution in [3.8, 4) is 0 Å². The number of amides is 1. The van der Waals surface area contributed by atoms with E-state index in [9.17, 15) is 4.79 Å². The first kappa shape index (κ1) is 13.4. The molecule has 0 aromatic carbocycles. The van der Waals surface area contributed by atoms with E-state index in [2.05, 4.69) is 38.3 Å². The van der Waals surface area contributed by atoms with Crippen molar-refractivity contribution in [3.63, 3.8) is 0 Å². The Morgan fingerprint density at radius 3 is 2.43 bits per heavy atom. The summed E-state index contributed by atoms with van der Waals surface area (Å²) in [6.45, 7) is 10.0. The fourth-order valence-electron chi connectivity index (χ4n) is 0.983. The highest BCUT2D eigenvalue weighted by atomic mass is 16.1. The Balaban J connectivity index is 3.35. The van der Waals surface area contributed by atoms with Crippen molar-refractivity contribution < 1.29 is 4.79 Å². The van der Waals surface area contributed by atoms with Crippen molar-refractivity contribution in [2.24, 2.45) is 5.92 Å². The topological polar surface area (TPSA) is 41.1 Å². The van der Waals surface area contributed by atoms with Crippen LogP contribution in [0.3, 0.4) is 0 Å². The molecule has 0 rings (SSSR count). The normalized spacial score (nSPS) is 12.9. The minimum absolute atomic E-state index is 0.148. The third kappa shape index (κ3) is 8.05. The molecule has 0 aromatic heterocycles. The lowest BCUT2D eigenvalue weighted by Crippen LogP contribution is -2.33. The second kappa shape index (κ2) is 7.80. The summed E-state index contributed by atoms with van der Waals surface area (Å²) in [6.07, 6.45) is 1.69. The summed E-state index contributed by atoms with van der Waals surface area (Å²) in [5.41, 5.74) is 0. The summed E-state index contributed by atoms with van der Waals surface area (Å²) >= 11 is 0. The van der Waals surface area contributed by atoms with Gasteiger partial charge in [-0.05, 0) is 19.3 Å². The SMILES string of the molecule is CCC(C)NCCC(=O)NCC(C)C. The summed E-state index contributed by atoms with van der Waals surface area (Å²) in [5.74, 6) is 0.677. The number of hydrogen-bond donors (Lipinski definition) is 2. The average molecular weight is 200 g/mol. The molecule has 0 bridgehead atoms. The van der Waals surface area contributed by atoms with Gasteiger partial charge in [0.25, 0.3) is 0 Å². The first-order valence-corrected chi connectivity index (χ1v) is 5.56. The third-order valence-electron chi connectivity index (χ3n) is 2.16. The van der Waals surface area contributed by atoms with E-state index < -0.39 is 0 Å². The zero-order valence-electron chi connectivity index (χ0n) is 9.89. The summed E-state index contributed by atoms with van der Waals surface area (Å²) in [7, 11) is 0. The standard InChI is InChI=1S/C11H24N2O/c1-5-10(4)12-7-6-11(14)13-8-9(2)3/h9-10,12H,5-8H2,1-4H3,(H,13,14). The van der Waals surface area contributed by atoms with Gasteiger partial charge in [-0.25, -0.2) is 0 Å². The number of rotatable bonds is 7. The molecule has 1 amide bonds. The summed E-state index contributed by atoms with van der Waals surface area (Å²) in [4.78, 5) is 11.3. The van der Waals surface area contributed by atoms with Gasteiger partial charge >= 0.3 is 0 Å². The Bertz CT molecular complexity index is 157. The van der Waals surface area contributed by atoms with Crippen LogP contribution < -0.4 is 10.6 Å². The smallest absolute Gasteiger partial charge is 0.221 e. The van der Waals surface area contributed by atoms with Gasteiger partial charge in [0.15, 0.2) is 0 Å². The number of hydrogen-bond acceptors (Lipinski definition) is 2. The molecular formula is C11H24N2O. The third-order valence-corrected chi connectivity index (χ3v) is 2.16. The van der Waals surface area contributed by atoms with Crippen LogP contribution in [0.15, 0.2) is 0 Å². The molecule has 0 aromatic rings. The second-order valence-corrected chi connectivity index (χ2v) is 4.21. The molecule has 0 saturated heterocycles. The molecule has 84 valence electrons. The Hall–Kier alpha value is -0.570. The van der Waals surface area contributed by atoms with Crippen LogP contribution in [-0.2, 0) is 4.79 Å². The molecule has 0 aliphatic heterocycles. The number of carbonyl (C=O) groups excluding carboxylic acids is 1. The van der Waals surface area contributed by atoms with Crippen molar-refractivity contribution in [1.29, 1.82) is 0 Å². The Kier molecular flexibility index (Phi) is 7.48. The summed E-state index contributed by atoms with van der Waals surface area (Å²) in [6, 6.07) is 0.507. The van der Waals surface area contributed by atoms with Crippen LogP contribution in [0.25, 0.3) is 0 Å². The number of nitrogens with one attached hydrogen (secondary N) is 2. The molecule has 0 heterocycles. The zero-order chi connectivity index (χ0) is 11.0. The van der Waals surface area contributed by atoms with Gasteiger partial charge in [-0.2, -0.15) is 0 Å². The second-order valence-electron chi connectivity index (χ2n) is 4.21. The number of carbonyl (C=O) groups is 1. The van der Waals surface area contributed by atoms with Crippen LogP contribution in [-0.4, -0.2) is 25.0 Å². The van der Waals surface area contributed by atoms with E-state index in [-0.39, 0.29) is 5.91 Å². The largest absolute Gasteiger partial charge is 0.356 e. The van der Waals surface area contributed by atoms with Crippen LogP contribution in [0.4, 0.5) is 0 Å². The Morgan fingerprint density at radius 2 is 1.93 bits per heavy atom. The first-order valence-electron chi connectivity index (χ1n) is 5.56. The Labute approximate surface area is 87.6 Å². The monoisotopic (exact) mass is 200 g/mol. The van der Waals surface area contributed by atoms with Crippen molar-refractivity contribution >= 4 is 5.91 Å². The minimum Gasteiger partial charge on any atom is -0.356 e. The van der Waals surface area contributed by atoms with Crippen LogP contribution in [0.2, 0.25) is 0 Å². The lowest BCUT2D eigenvalue weighted by atomic mass is 10.2.